The standard InChI is InChI=1S/C15H22F3N/c1-14(2,3)12-8-5-4-7-11(12)13(19)9-6-10-15(16,17)18/h4-5,7-8,13H,6,9-10,19H2,1-3H3. The molecule has 1 atom stereocenters. The Bertz CT molecular complexity index is 405. The maximum Gasteiger partial charge on any atom is 0.389 e. The van der Waals surface area contributed by atoms with E-state index in [0.29, 0.717) is 6.42 Å². The van der Waals surface area contributed by atoms with E-state index >= 15 is 0 Å². The molecule has 0 radical (unpaired) electrons. The summed E-state index contributed by atoms with van der Waals surface area (Å²) in [5.41, 5.74) is 8.06. The minimum Gasteiger partial charge on any atom is -0.324 e. The lowest BCUT2D eigenvalue weighted by Crippen LogP contribution is -2.20. The molecule has 0 amide bonds. The van der Waals surface area contributed by atoms with Gasteiger partial charge in [0.15, 0.2) is 0 Å². The average molecular weight is 273 g/mol. The number of hydrogen-bond acceptors (Lipinski definition) is 1. The maximum atomic E-state index is 12.1. The van der Waals surface area contributed by atoms with Crippen molar-refractivity contribution in [2.75, 3.05) is 0 Å². The van der Waals surface area contributed by atoms with Crippen molar-refractivity contribution in [2.24, 2.45) is 5.73 Å². The van der Waals surface area contributed by atoms with Gasteiger partial charge in [0.2, 0.25) is 0 Å². The van der Waals surface area contributed by atoms with Crippen LogP contribution in [0, 0.1) is 0 Å². The smallest absolute Gasteiger partial charge is 0.324 e. The van der Waals surface area contributed by atoms with Gasteiger partial charge in [-0.3, -0.25) is 0 Å². The molecular formula is C15H22F3N. The van der Waals surface area contributed by atoms with Gasteiger partial charge in [-0.2, -0.15) is 13.2 Å². The van der Waals surface area contributed by atoms with Gasteiger partial charge in [0.05, 0.1) is 0 Å². The molecule has 2 N–H and O–H groups in total. The second-order valence-electron chi connectivity index (χ2n) is 5.95. The molecule has 0 aliphatic heterocycles. The molecule has 0 aliphatic rings. The van der Waals surface area contributed by atoms with Crippen molar-refractivity contribution >= 4 is 0 Å². The first kappa shape index (κ1) is 16.0. The van der Waals surface area contributed by atoms with Gasteiger partial charge in [-0.15, -0.1) is 0 Å². The van der Waals surface area contributed by atoms with E-state index in [1.165, 1.54) is 0 Å². The summed E-state index contributed by atoms with van der Waals surface area (Å²) in [6.07, 6.45) is -4.43. The first-order valence-corrected chi connectivity index (χ1v) is 6.53. The summed E-state index contributed by atoms with van der Waals surface area (Å²) >= 11 is 0. The van der Waals surface area contributed by atoms with Crippen LogP contribution in [0.3, 0.4) is 0 Å². The molecule has 4 heteroatoms. The molecule has 0 bridgehead atoms. The first-order valence-electron chi connectivity index (χ1n) is 6.53. The van der Waals surface area contributed by atoms with E-state index < -0.39 is 12.6 Å². The number of benzene rings is 1. The van der Waals surface area contributed by atoms with Crippen LogP contribution < -0.4 is 5.73 Å². The van der Waals surface area contributed by atoms with Gasteiger partial charge in [0.1, 0.15) is 0 Å². The van der Waals surface area contributed by atoms with Crippen LogP contribution in [0.2, 0.25) is 0 Å². The Morgan fingerprint density at radius 1 is 1.11 bits per heavy atom. The fourth-order valence-corrected chi connectivity index (χ4v) is 2.18. The van der Waals surface area contributed by atoms with Crippen molar-refractivity contribution in [3.8, 4) is 0 Å². The Morgan fingerprint density at radius 3 is 2.21 bits per heavy atom. The van der Waals surface area contributed by atoms with Crippen molar-refractivity contribution < 1.29 is 13.2 Å². The van der Waals surface area contributed by atoms with E-state index in [2.05, 4.69) is 20.8 Å². The third kappa shape index (κ3) is 5.23. The van der Waals surface area contributed by atoms with Gasteiger partial charge in [-0.1, -0.05) is 45.0 Å². The Labute approximate surface area is 113 Å². The molecule has 0 heterocycles. The van der Waals surface area contributed by atoms with Gasteiger partial charge in [0.25, 0.3) is 0 Å². The summed E-state index contributed by atoms with van der Waals surface area (Å²) in [4.78, 5) is 0. The largest absolute Gasteiger partial charge is 0.389 e. The van der Waals surface area contributed by atoms with Crippen LogP contribution in [0.15, 0.2) is 24.3 Å². The molecule has 1 nitrogen and oxygen atoms in total. The summed E-state index contributed by atoms with van der Waals surface area (Å²) in [5, 5.41) is 0. The maximum absolute atomic E-state index is 12.1. The molecule has 0 aromatic heterocycles. The van der Waals surface area contributed by atoms with E-state index in [4.69, 9.17) is 5.73 Å². The van der Waals surface area contributed by atoms with Crippen molar-refractivity contribution in [3.63, 3.8) is 0 Å². The third-order valence-corrected chi connectivity index (χ3v) is 3.14. The fraction of sp³-hybridized carbons (Fsp3) is 0.600. The molecule has 0 saturated carbocycles. The van der Waals surface area contributed by atoms with Crippen molar-refractivity contribution in [3.05, 3.63) is 35.4 Å². The summed E-state index contributed by atoms with van der Waals surface area (Å²) in [6.45, 7) is 6.23. The fourth-order valence-electron chi connectivity index (χ4n) is 2.18. The van der Waals surface area contributed by atoms with E-state index in [1.54, 1.807) is 0 Å². The molecule has 0 aliphatic carbocycles. The highest BCUT2D eigenvalue weighted by Crippen LogP contribution is 2.31. The quantitative estimate of drug-likeness (QED) is 0.844. The zero-order chi connectivity index (χ0) is 14.7. The molecule has 0 fully saturated rings. The van der Waals surface area contributed by atoms with Gasteiger partial charge in [0, 0.05) is 12.5 Å². The van der Waals surface area contributed by atoms with Crippen molar-refractivity contribution in [2.45, 2.75) is 57.7 Å². The number of rotatable bonds is 4. The van der Waals surface area contributed by atoms with Gasteiger partial charge in [-0.05, 0) is 29.4 Å². The first-order chi connectivity index (χ1) is 8.61. The number of nitrogens with two attached hydrogens (primary N) is 1. The molecule has 19 heavy (non-hydrogen) atoms. The van der Waals surface area contributed by atoms with Gasteiger partial charge >= 0.3 is 6.18 Å². The lowest BCUT2D eigenvalue weighted by atomic mass is 9.81. The predicted molar refractivity (Wildman–Crippen MR) is 72.0 cm³/mol. The van der Waals surface area contributed by atoms with Crippen molar-refractivity contribution in [1.82, 2.24) is 0 Å². The van der Waals surface area contributed by atoms with E-state index in [1.807, 2.05) is 24.3 Å². The van der Waals surface area contributed by atoms with Crippen LogP contribution in [0.1, 0.15) is 57.2 Å². The zero-order valence-electron chi connectivity index (χ0n) is 11.7. The van der Waals surface area contributed by atoms with Crippen molar-refractivity contribution in [1.29, 1.82) is 0 Å². The number of halogens is 3. The minimum atomic E-state index is -4.09. The SMILES string of the molecule is CC(C)(C)c1ccccc1C(N)CCCC(F)(F)F. The topological polar surface area (TPSA) is 26.0 Å². The van der Waals surface area contributed by atoms with Crippen LogP contribution >= 0.6 is 0 Å². The second-order valence-corrected chi connectivity index (χ2v) is 5.95. The van der Waals surface area contributed by atoms with Crippen LogP contribution in [-0.2, 0) is 5.41 Å². The lowest BCUT2D eigenvalue weighted by molar-refractivity contribution is -0.135. The summed E-state index contributed by atoms with van der Waals surface area (Å²) < 4.78 is 36.4. The molecule has 0 saturated heterocycles. The molecular weight excluding hydrogens is 251 g/mol. The van der Waals surface area contributed by atoms with Crippen LogP contribution in [0.4, 0.5) is 13.2 Å². The average Bonchev–Trinajstić information content (AvgIpc) is 2.26. The molecule has 1 aromatic rings. The van der Waals surface area contributed by atoms with E-state index in [9.17, 15) is 13.2 Å². The Morgan fingerprint density at radius 2 is 1.68 bits per heavy atom. The number of alkyl halides is 3. The minimum absolute atomic E-state index is 0.0573. The highest BCUT2D eigenvalue weighted by molar-refractivity contribution is 5.34. The Balaban J connectivity index is 2.75. The third-order valence-electron chi connectivity index (χ3n) is 3.14. The summed E-state index contributed by atoms with van der Waals surface area (Å²) in [7, 11) is 0. The highest BCUT2D eigenvalue weighted by Gasteiger charge is 2.27. The van der Waals surface area contributed by atoms with Gasteiger partial charge in [-0.25, -0.2) is 0 Å². The number of hydrogen-bond donors (Lipinski definition) is 1. The van der Waals surface area contributed by atoms with Crippen LogP contribution in [-0.4, -0.2) is 6.18 Å². The summed E-state index contributed by atoms with van der Waals surface area (Å²) in [5.74, 6) is 0. The molecule has 1 aromatic carbocycles. The predicted octanol–water partition coefficient (Wildman–Crippen LogP) is 4.72. The van der Waals surface area contributed by atoms with Gasteiger partial charge < -0.3 is 5.73 Å². The Kier molecular flexibility index (Phi) is 5.02. The molecule has 108 valence electrons. The van der Waals surface area contributed by atoms with E-state index in [0.717, 1.165) is 11.1 Å². The second kappa shape index (κ2) is 5.95. The monoisotopic (exact) mass is 273 g/mol. The zero-order valence-corrected chi connectivity index (χ0v) is 11.7. The highest BCUT2D eigenvalue weighted by atomic mass is 19.4. The van der Waals surface area contributed by atoms with E-state index in [-0.39, 0.29) is 17.9 Å². The summed E-state index contributed by atoms with van der Waals surface area (Å²) in [6, 6.07) is 7.40. The normalized spacial score (nSPS) is 14.5. The Hall–Kier alpha value is -1.03. The lowest BCUT2D eigenvalue weighted by Gasteiger charge is -2.26. The van der Waals surface area contributed by atoms with Crippen LogP contribution in [0.5, 0.6) is 0 Å². The molecule has 1 unspecified atom stereocenters. The van der Waals surface area contributed by atoms with Crippen LogP contribution in [0.25, 0.3) is 0 Å². The molecule has 1 rings (SSSR count). The molecule has 0 spiro atoms.